The van der Waals surface area contributed by atoms with Crippen molar-refractivity contribution < 1.29 is 4.79 Å². The zero-order valence-corrected chi connectivity index (χ0v) is 13.3. The summed E-state index contributed by atoms with van der Waals surface area (Å²) in [5.74, 6) is -0.151. The normalized spacial score (nSPS) is 10.4. The van der Waals surface area contributed by atoms with Gasteiger partial charge in [-0.15, -0.1) is 0 Å². The summed E-state index contributed by atoms with van der Waals surface area (Å²) >= 11 is 17.5. The number of amides is 1. The second kappa shape index (κ2) is 7.66. The maximum Gasteiger partial charge on any atom is 0.238 e. The Bertz CT molecular complexity index is 629. The highest BCUT2D eigenvalue weighted by Crippen LogP contribution is 2.24. The van der Waals surface area contributed by atoms with Crippen molar-refractivity contribution >= 4 is 46.4 Å². The van der Waals surface area contributed by atoms with E-state index in [1.54, 1.807) is 18.2 Å². The van der Waals surface area contributed by atoms with Crippen LogP contribution in [0, 0.1) is 0 Å². The average Bonchev–Trinajstić information content (AvgIpc) is 2.45. The Morgan fingerprint density at radius 1 is 0.952 bits per heavy atom. The molecule has 0 aliphatic heterocycles. The highest BCUT2D eigenvalue weighted by Gasteiger charge is 2.04. The highest BCUT2D eigenvalue weighted by atomic mass is 35.5. The number of hydrogen-bond donors (Lipinski definition) is 2. The molecule has 0 aromatic heterocycles. The summed E-state index contributed by atoms with van der Waals surface area (Å²) in [6.07, 6.45) is 0. The maximum atomic E-state index is 11.8. The Hall–Kier alpha value is -1.26. The van der Waals surface area contributed by atoms with Crippen molar-refractivity contribution in [3.8, 4) is 0 Å². The van der Waals surface area contributed by atoms with E-state index >= 15 is 0 Å². The molecule has 110 valence electrons. The summed E-state index contributed by atoms with van der Waals surface area (Å²) < 4.78 is 0. The van der Waals surface area contributed by atoms with Crippen molar-refractivity contribution in [3.05, 3.63) is 63.1 Å². The van der Waals surface area contributed by atoms with Crippen LogP contribution >= 0.6 is 34.8 Å². The fraction of sp³-hybridized carbons (Fsp3) is 0.133. The maximum absolute atomic E-state index is 11.8. The van der Waals surface area contributed by atoms with Crippen LogP contribution in [0.15, 0.2) is 42.5 Å². The summed E-state index contributed by atoms with van der Waals surface area (Å²) in [4.78, 5) is 11.8. The van der Waals surface area contributed by atoms with Gasteiger partial charge in [-0.25, -0.2) is 0 Å². The Balaban J connectivity index is 1.79. The van der Waals surface area contributed by atoms with Gasteiger partial charge in [-0.1, -0.05) is 46.9 Å². The molecule has 0 unspecified atom stereocenters. The second-order valence-electron chi connectivity index (χ2n) is 4.41. The predicted octanol–water partition coefficient (Wildman–Crippen LogP) is 4.38. The van der Waals surface area contributed by atoms with Gasteiger partial charge in [0.15, 0.2) is 0 Å². The number of carbonyl (C=O) groups excluding carboxylic acids is 1. The molecule has 0 atom stereocenters. The van der Waals surface area contributed by atoms with E-state index in [9.17, 15) is 4.79 Å². The van der Waals surface area contributed by atoms with Gasteiger partial charge in [0.2, 0.25) is 5.91 Å². The first kappa shape index (κ1) is 16.1. The minimum absolute atomic E-state index is 0.151. The molecule has 21 heavy (non-hydrogen) atoms. The fourth-order valence-corrected chi connectivity index (χ4v) is 2.13. The first-order valence-corrected chi connectivity index (χ1v) is 7.38. The van der Waals surface area contributed by atoms with Gasteiger partial charge >= 0.3 is 0 Å². The number of halogens is 3. The van der Waals surface area contributed by atoms with Crippen LogP contribution in [0.5, 0.6) is 0 Å². The minimum atomic E-state index is -0.151. The molecule has 0 radical (unpaired) electrons. The molecule has 0 bridgehead atoms. The number of benzene rings is 2. The highest BCUT2D eigenvalue weighted by molar-refractivity contribution is 6.42. The van der Waals surface area contributed by atoms with Crippen LogP contribution in [0.25, 0.3) is 0 Å². The molecule has 0 spiro atoms. The van der Waals surface area contributed by atoms with Gasteiger partial charge in [0.25, 0.3) is 0 Å². The molecule has 2 N–H and O–H groups in total. The van der Waals surface area contributed by atoms with Crippen LogP contribution in [-0.4, -0.2) is 12.5 Å². The molecule has 3 nitrogen and oxygen atoms in total. The van der Waals surface area contributed by atoms with Gasteiger partial charge in [0, 0.05) is 17.3 Å². The Labute approximate surface area is 138 Å². The van der Waals surface area contributed by atoms with Crippen molar-refractivity contribution in [1.29, 1.82) is 0 Å². The van der Waals surface area contributed by atoms with Crippen LogP contribution in [-0.2, 0) is 11.3 Å². The molecule has 0 heterocycles. The smallest absolute Gasteiger partial charge is 0.238 e. The first-order chi connectivity index (χ1) is 10.0. The third-order valence-corrected chi connectivity index (χ3v) is 3.72. The van der Waals surface area contributed by atoms with Crippen LogP contribution in [0.1, 0.15) is 5.56 Å². The number of hydrogen-bond acceptors (Lipinski definition) is 2. The molecule has 0 aliphatic rings. The van der Waals surface area contributed by atoms with Crippen LogP contribution in [0.2, 0.25) is 15.1 Å². The van der Waals surface area contributed by atoms with E-state index in [4.69, 9.17) is 34.8 Å². The summed E-state index contributed by atoms with van der Waals surface area (Å²) in [6.45, 7) is 0.787. The molecule has 2 rings (SSSR count). The van der Waals surface area contributed by atoms with E-state index in [1.807, 2.05) is 24.3 Å². The molecular formula is C15H13Cl3N2O. The van der Waals surface area contributed by atoms with Crippen molar-refractivity contribution in [1.82, 2.24) is 5.32 Å². The molecule has 2 aromatic carbocycles. The molecular weight excluding hydrogens is 331 g/mol. The van der Waals surface area contributed by atoms with Gasteiger partial charge < -0.3 is 10.6 Å². The second-order valence-corrected chi connectivity index (χ2v) is 5.66. The number of nitrogens with one attached hydrogen (secondary N) is 2. The third-order valence-electron chi connectivity index (χ3n) is 2.73. The van der Waals surface area contributed by atoms with Gasteiger partial charge in [-0.3, -0.25) is 4.79 Å². The summed E-state index contributed by atoms with van der Waals surface area (Å²) in [5.41, 5.74) is 1.67. The lowest BCUT2D eigenvalue weighted by atomic mass is 10.2. The van der Waals surface area contributed by atoms with E-state index in [1.165, 1.54) is 0 Å². The summed E-state index contributed by atoms with van der Waals surface area (Å²) in [7, 11) is 0. The van der Waals surface area contributed by atoms with Crippen molar-refractivity contribution in [2.75, 3.05) is 11.9 Å². The van der Waals surface area contributed by atoms with E-state index in [0.29, 0.717) is 27.3 Å². The molecule has 0 aliphatic carbocycles. The van der Waals surface area contributed by atoms with E-state index in [0.717, 1.165) is 5.56 Å². The third kappa shape index (κ3) is 5.21. The standard InChI is InChI=1S/C15H13Cl3N2O/c16-11-3-1-10(2-4-11)8-19-9-15(21)20-12-5-6-13(17)14(18)7-12/h1-7,19H,8-9H2,(H,20,21). The van der Waals surface area contributed by atoms with E-state index in [2.05, 4.69) is 10.6 Å². The van der Waals surface area contributed by atoms with Crippen molar-refractivity contribution in [2.45, 2.75) is 6.54 Å². The first-order valence-electron chi connectivity index (χ1n) is 6.24. The largest absolute Gasteiger partial charge is 0.325 e. The van der Waals surface area contributed by atoms with Crippen LogP contribution in [0.4, 0.5) is 5.69 Å². The quantitative estimate of drug-likeness (QED) is 0.846. The van der Waals surface area contributed by atoms with E-state index < -0.39 is 0 Å². The fourth-order valence-electron chi connectivity index (χ4n) is 1.70. The van der Waals surface area contributed by atoms with Gasteiger partial charge in [0.05, 0.1) is 16.6 Å². The number of carbonyl (C=O) groups is 1. The van der Waals surface area contributed by atoms with Gasteiger partial charge in [-0.05, 0) is 35.9 Å². The summed E-state index contributed by atoms with van der Waals surface area (Å²) in [6, 6.07) is 12.4. The number of rotatable bonds is 5. The molecule has 6 heteroatoms. The summed E-state index contributed by atoms with van der Waals surface area (Å²) in [5, 5.41) is 7.34. The molecule has 2 aromatic rings. The Morgan fingerprint density at radius 2 is 1.67 bits per heavy atom. The topological polar surface area (TPSA) is 41.1 Å². The molecule has 0 saturated carbocycles. The minimum Gasteiger partial charge on any atom is -0.325 e. The Morgan fingerprint density at radius 3 is 2.33 bits per heavy atom. The van der Waals surface area contributed by atoms with Crippen LogP contribution in [0.3, 0.4) is 0 Å². The van der Waals surface area contributed by atoms with E-state index in [-0.39, 0.29) is 12.5 Å². The zero-order chi connectivity index (χ0) is 15.2. The van der Waals surface area contributed by atoms with Crippen LogP contribution < -0.4 is 10.6 Å². The lowest BCUT2D eigenvalue weighted by Crippen LogP contribution is -2.27. The van der Waals surface area contributed by atoms with Crippen molar-refractivity contribution in [2.24, 2.45) is 0 Å². The Kier molecular flexibility index (Phi) is 5.88. The van der Waals surface area contributed by atoms with Gasteiger partial charge in [-0.2, -0.15) is 0 Å². The predicted molar refractivity (Wildman–Crippen MR) is 88.3 cm³/mol. The molecule has 1 amide bonds. The zero-order valence-electron chi connectivity index (χ0n) is 11.0. The number of anilines is 1. The average molecular weight is 344 g/mol. The SMILES string of the molecule is O=C(CNCc1ccc(Cl)cc1)Nc1ccc(Cl)c(Cl)c1. The monoisotopic (exact) mass is 342 g/mol. The lowest BCUT2D eigenvalue weighted by molar-refractivity contribution is -0.115. The van der Waals surface area contributed by atoms with Gasteiger partial charge in [0.1, 0.15) is 0 Å². The molecule has 0 fully saturated rings. The van der Waals surface area contributed by atoms with Crippen molar-refractivity contribution in [3.63, 3.8) is 0 Å². The lowest BCUT2D eigenvalue weighted by Gasteiger charge is -2.08. The molecule has 0 saturated heterocycles.